The summed E-state index contributed by atoms with van der Waals surface area (Å²) in [6, 6.07) is 4.01. The molecule has 0 bridgehead atoms. The summed E-state index contributed by atoms with van der Waals surface area (Å²) in [5.41, 5.74) is 2.12. The summed E-state index contributed by atoms with van der Waals surface area (Å²) in [7, 11) is 0. The van der Waals surface area contributed by atoms with E-state index in [2.05, 4.69) is 22.0 Å². The minimum atomic E-state index is -0.367. The molecule has 0 unspecified atom stereocenters. The van der Waals surface area contributed by atoms with Crippen LogP contribution < -0.4 is 4.74 Å². The number of hydrogen-bond acceptors (Lipinski definition) is 4. The lowest BCUT2D eigenvalue weighted by atomic mass is 10.0. The van der Waals surface area contributed by atoms with Gasteiger partial charge in [-0.1, -0.05) is 15.9 Å². The Bertz CT molecular complexity index is 494. The molecule has 0 radical (unpaired) electrons. The Morgan fingerprint density at radius 1 is 1.26 bits per heavy atom. The first-order valence-corrected chi connectivity index (χ1v) is 7.20. The minimum absolute atomic E-state index is 0.114. The second kappa shape index (κ2) is 5.61. The fourth-order valence-corrected chi connectivity index (χ4v) is 3.03. The number of hydrogen-bond donors (Lipinski definition) is 0. The molecule has 1 fully saturated rings. The van der Waals surface area contributed by atoms with E-state index in [0.717, 1.165) is 22.2 Å². The summed E-state index contributed by atoms with van der Waals surface area (Å²) in [4.78, 5) is 12.0. The molecule has 1 saturated heterocycles. The number of rotatable bonds is 4. The normalized spacial score (nSPS) is 18.4. The molecule has 1 aromatic carbocycles. The van der Waals surface area contributed by atoms with E-state index < -0.39 is 0 Å². The van der Waals surface area contributed by atoms with Crippen molar-refractivity contribution in [3.05, 3.63) is 27.7 Å². The molecule has 2 aliphatic rings. The van der Waals surface area contributed by atoms with Crippen LogP contribution in [0.25, 0.3) is 0 Å². The lowest BCUT2D eigenvalue weighted by Gasteiger charge is -2.10. The Kier molecular flexibility index (Phi) is 3.86. The molecule has 102 valence electrons. The molecule has 2 aliphatic heterocycles. The highest BCUT2D eigenvalue weighted by molar-refractivity contribution is 9.10. The second-order valence-corrected chi connectivity index (χ2v) is 5.66. The SMILES string of the molecule is O=C(Cc1cc(Br)cc2c1OCC2)CC1OCCO1. The predicted octanol–water partition coefficient (Wildman–Crippen LogP) is 2.26. The van der Waals surface area contributed by atoms with Crippen molar-refractivity contribution in [2.45, 2.75) is 25.6 Å². The molecule has 2 heterocycles. The first kappa shape index (κ1) is 13.1. The van der Waals surface area contributed by atoms with Crippen LogP contribution in [0, 0.1) is 0 Å². The number of ether oxygens (including phenoxy) is 3. The van der Waals surface area contributed by atoms with Crippen molar-refractivity contribution >= 4 is 21.7 Å². The largest absolute Gasteiger partial charge is 0.493 e. The van der Waals surface area contributed by atoms with Gasteiger partial charge in [0, 0.05) is 22.9 Å². The quantitative estimate of drug-likeness (QED) is 0.851. The van der Waals surface area contributed by atoms with Crippen LogP contribution in [0.1, 0.15) is 17.5 Å². The molecule has 1 aromatic rings. The van der Waals surface area contributed by atoms with Crippen LogP contribution in [0.4, 0.5) is 0 Å². The van der Waals surface area contributed by atoms with Crippen molar-refractivity contribution in [3.8, 4) is 5.75 Å². The molecule has 4 nitrogen and oxygen atoms in total. The van der Waals surface area contributed by atoms with Crippen LogP contribution >= 0.6 is 15.9 Å². The molecule has 0 spiro atoms. The average molecular weight is 327 g/mol. The summed E-state index contributed by atoms with van der Waals surface area (Å²) < 4.78 is 17.2. The van der Waals surface area contributed by atoms with Crippen molar-refractivity contribution in [3.63, 3.8) is 0 Å². The zero-order chi connectivity index (χ0) is 13.2. The number of Topliss-reactive ketones (excluding diaryl/α,β-unsaturated/α-hetero) is 1. The van der Waals surface area contributed by atoms with Crippen LogP contribution in [0.2, 0.25) is 0 Å². The van der Waals surface area contributed by atoms with Crippen LogP contribution in [0.3, 0.4) is 0 Å². The van der Waals surface area contributed by atoms with E-state index in [9.17, 15) is 4.79 Å². The van der Waals surface area contributed by atoms with E-state index in [1.807, 2.05) is 6.07 Å². The Morgan fingerprint density at radius 2 is 2.05 bits per heavy atom. The third-order valence-electron chi connectivity index (χ3n) is 3.30. The number of benzene rings is 1. The molecule has 19 heavy (non-hydrogen) atoms. The van der Waals surface area contributed by atoms with E-state index in [-0.39, 0.29) is 12.1 Å². The number of halogens is 1. The molecule has 0 atom stereocenters. The van der Waals surface area contributed by atoms with E-state index in [1.54, 1.807) is 0 Å². The third-order valence-corrected chi connectivity index (χ3v) is 3.76. The van der Waals surface area contributed by atoms with Gasteiger partial charge in [0.15, 0.2) is 6.29 Å². The van der Waals surface area contributed by atoms with Gasteiger partial charge in [0.2, 0.25) is 0 Å². The number of carbonyl (C=O) groups is 1. The van der Waals surface area contributed by atoms with Crippen molar-refractivity contribution in [2.24, 2.45) is 0 Å². The Hall–Kier alpha value is -0.910. The van der Waals surface area contributed by atoms with Gasteiger partial charge in [0.1, 0.15) is 11.5 Å². The number of ketones is 1. The van der Waals surface area contributed by atoms with Crippen molar-refractivity contribution in [1.82, 2.24) is 0 Å². The Labute approximate surface area is 120 Å². The summed E-state index contributed by atoms with van der Waals surface area (Å²) >= 11 is 3.48. The standard InChI is InChI=1S/C14H15BrO4/c15-11-5-9-1-2-19-14(9)10(6-11)7-12(16)8-13-17-3-4-18-13/h5-6,13H,1-4,7-8H2. The van der Waals surface area contributed by atoms with Gasteiger partial charge in [-0.25, -0.2) is 0 Å². The molecule has 0 saturated carbocycles. The average Bonchev–Trinajstić information content (AvgIpc) is 2.99. The van der Waals surface area contributed by atoms with Gasteiger partial charge in [-0.3, -0.25) is 4.79 Å². The van der Waals surface area contributed by atoms with E-state index in [4.69, 9.17) is 14.2 Å². The first-order valence-electron chi connectivity index (χ1n) is 6.41. The zero-order valence-electron chi connectivity index (χ0n) is 10.5. The lowest BCUT2D eigenvalue weighted by molar-refractivity contribution is -0.126. The fourth-order valence-electron chi connectivity index (χ4n) is 2.47. The molecule has 0 aromatic heterocycles. The molecular formula is C14H15BrO4. The molecule has 0 amide bonds. The lowest BCUT2D eigenvalue weighted by Crippen LogP contribution is -2.16. The maximum Gasteiger partial charge on any atom is 0.164 e. The summed E-state index contributed by atoms with van der Waals surface area (Å²) in [6.07, 6.45) is 1.21. The summed E-state index contributed by atoms with van der Waals surface area (Å²) in [5.74, 6) is 0.993. The van der Waals surface area contributed by atoms with Crippen LogP contribution in [-0.2, 0) is 27.1 Å². The smallest absolute Gasteiger partial charge is 0.164 e. The number of fused-ring (bicyclic) bond motifs is 1. The van der Waals surface area contributed by atoms with Crippen LogP contribution in [0.5, 0.6) is 5.75 Å². The topological polar surface area (TPSA) is 44.8 Å². The van der Waals surface area contributed by atoms with Gasteiger partial charge in [-0.05, 0) is 17.7 Å². The Morgan fingerprint density at radius 3 is 2.84 bits per heavy atom. The summed E-state index contributed by atoms with van der Waals surface area (Å²) in [6.45, 7) is 1.85. The number of carbonyl (C=O) groups excluding carboxylic acids is 1. The molecule has 5 heteroatoms. The monoisotopic (exact) mass is 326 g/mol. The van der Waals surface area contributed by atoms with Gasteiger partial charge in [0.25, 0.3) is 0 Å². The zero-order valence-corrected chi connectivity index (χ0v) is 12.1. The maximum atomic E-state index is 12.0. The van der Waals surface area contributed by atoms with Gasteiger partial charge >= 0.3 is 0 Å². The highest BCUT2D eigenvalue weighted by atomic mass is 79.9. The van der Waals surface area contributed by atoms with Gasteiger partial charge in [0.05, 0.1) is 26.2 Å². The van der Waals surface area contributed by atoms with Crippen molar-refractivity contribution in [1.29, 1.82) is 0 Å². The maximum absolute atomic E-state index is 12.0. The van der Waals surface area contributed by atoms with Crippen LogP contribution in [0.15, 0.2) is 16.6 Å². The Balaban J connectivity index is 1.70. The van der Waals surface area contributed by atoms with Crippen molar-refractivity contribution < 1.29 is 19.0 Å². The highest BCUT2D eigenvalue weighted by Gasteiger charge is 2.23. The van der Waals surface area contributed by atoms with E-state index >= 15 is 0 Å². The highest BCUT2D eigenvalue weighted by Crippen LogP contribution is 2.33. The fraction of sp³-hybridized carbons (Fsp3) is 0.500. The minimum Gasteiger partial charge on any atom is -0.493 e. The second-order valence-electron chi connectivity index (χ2n) is 4.74. The van der Waals surface area contributed by atoms with Gasteiger partial charge < -0.3 is 14.2 Å². The predicted molar refractivity (Wildman–Crippen MR) is 72.4 cm³/mol. The summed E-state index contributed by atoms with van der Waals surface area (Å²) in [5, 5.41) is 0. The molecule has 0 aliphatic carbocycles. The van der Waals surface area contributed by atoms with Crippen molar-refractivity contribution in [2.75, 3.05) is 19.8 Å². The van der Waals surface area contributed by atoms with Gasteiger partial charge in [-0.2, -0.15) is 0 Å². The molecule has 0 N–H and O–H groups in total. The van der Waals surface area contributed by atoms with Crippen LogP contribution in [-0.4, -0.2) is 31.9 Å². The van der Waals surface area contributed by atoms with Gasteiger partial charge in [-0.15, -0.1) is 0 Å². The first-order chi connectivity index (χ1) is 9.22. The van der Waals surface area contributed by atoms with E-state index in [0.29, 0.717) is 32.7 Å². The molecule has 3 rings (SSSR count). The van der Waals surface area contributed by atoms with E-state index in [1.165, 1.54) is 5.56 Å². The molecular weight excluding hydrogens is 312 g/mol. The third kappa shape index (κ3) is 2.99.